The SMILES string of the molecule is O=C(OCc1cc2c(cc1Br)OCCO2)C1CSCN1C(=O)C1CC1. The zero-order valence-corrected chi connectivity index (χ0v) is 15.9. The number of hydrogen-bond acceptors (Lipinski definition) is 6. The summed E-state index contributed by atoms with van der Waals surface area (Å²) in [5.74, 6) is 2.36. The summed E-state index contributed by atoms with van der Waals surface area (Å²) in [5, 5.41) is 0. The van der Waals surface area contributed by atoms with Crippen LogP contribution in [0.1, 0.15) is 18.4 Å². The van der Waals surface area contributed by atoms with Crippen molar-refractivity contribution in [2.45, 2.75) is 25.5 Å². The molecule has 1 saturated heterocycles. The lowest BCUT2D eigenvalue weighted by Gasteiger charge is -2.23. The fraction of sp³-hybridized carbons (Fsp3) is 0.529. The topological polar surface area (TPSA) is 65.1 Å². The van der Waals surface area contributed by atoms with E-state index in [4.69, 9.17) is 14.2 Å². The van der Waals surface area contributed by atoms with Gasteiger partial charge in [-0.05, 0) is 25.0 Å². The summed E-state index contributed by atoms with van der Waals surface area (Å²) in [4.78, 5) is 26.4. The van der Waals surface area contributed by atoms with Gasteiger partial charge in [0.15, 0.2) is 11.5 Å². The molecule has 0 bridgehead atoms. The van der Waals surface area contributed by atoms with Crippen LogP contribution in [-0.2, 0) is 20.9 Å². The van der Waals surface area contributed by atoms with Gasteiger partial charge < -0.3 is 19.1 Å². The molecule has 2 aliphatic heterocycles. The largest absolute Gasteiger partial charge is 0.486 e. The molecule has 3 aliphatic rings. The van der Waals surface area contributed by atoms with Gasteiger partial charge in [-0.3, -0.25) is 4.79 Å². The van der Waals surface area contributed by atoms with Gasteiger partial charge in [0.1, 0.15) is 25.9 Å². The molecule has 1 saturated carbocycles. The van der Waals surface area contributed by atoms with Crippen LogP contribution >= 0.6 is 27.7 Å². The van der Waals surface area contributed by atoms with Gasteiger partial charge in [-0.1, -0.05) is 15.9 Å². The quantitative estimate of drug-likeness (QED) is 0.687. The van der Waals surface area contributed by atoms with E-state index in [0.717, 1.165) is 22.9 Å². The van der Waals surface area contributed by atoms with E-state index in [1.165, 1.54) is 0 Å². The first kappa shape index (κ1) is 17.0. The number of benzene rings is 1. The maximum atomic E-state index is 12.5. The lowest BCUT2D eigenvalue weighted by atomic mass is 10.2. The van der Waals surface area contributed by atoms with E-state index in [1.54, 1.807) is 16.7 Å². The van der Waals surface area contributed by atoms with Crippen LogP contribution in [0.5, 0.6) is 11.5 Å². The minimum atomic E-state index is -0.478. The van der Waals surface area contributed by atoms with E-state index >= 15 is 0 Å². The Labute approximate surface area is 158 Å². The number of carbonyl (C=O) groups excluding carboxylic acids is 2. The van der Waals surface area contributed by atoms with Gasteiger partial charge >= 0.3 is 5.97 Å². The first-order valence-corrected chi connectivity index (χ1v) is 10.2. The van der Waals surface area contributed by atoms with Crippen LogP contribution in [0.25, 0.3) is 0 Å². The molecule has 0 aromatic heterocycles. The fourth-order valence-electron chi connectivity index (χ4n) is 2.88. The summed E-state index contributed by atoms with van der Waals surface area (Å²) in [6.07, 6.45) is 1.87. The molecule has 4 rings (SSSR count). The number of nitrogens with zero attached hydrogens (tertiary/aromatic N) is 1. The second-order valence-corrected chi connectivity index (χ2v) is 8.15. The molecule has 1 aromatic carbocycles. The molecule has 1 atom stereocenters. The second-order valence-electron chi connectivity index (χ2n) is 6.29. The highest BCUT2D eigenvalue weighted by Crippen LogP contribution is 2.37. The fourth-order valence-corrected chi connectivity index (χ4v) is 4.47. The van der Waals surface area contributed by atoms with Crippen molar-refractivity contribution < 1.29 is 23.8 Å². The van der Waals surface area contributed by atoms with E-state index in [2.05, 4.69) is 15.9 Å². The zero-order valence-electron chi connectivity index (χ0n) is 13.5. The van der Waals surface area contributed by atoms with Gasteiger partial charge in [0.25, 0.3) is 0 Å². The first-order valence-electron chi connectivity index (χ1n) is 8.26. The van der Waals surface area contributed by atoms with Crippen molar-refractivity contribution in [1.82, 2.24) is 4.90 Å². The number of halogens is 1. The molecular formula is C17H18BrNO5S. The minimum Gasteiger partial charge on any atom is -0.486 e. The van der Waals surface area contributed by atoms with Gasteiger partial charge in [0.05, 0.1) is 5.88 Å². The van der Waals surface area contributed by atoms with E-state index < -0.39 is 6.04 Å². The Morgan fingerprint density at radius 1 is 1.24 bits per heavy atom. The normalized spacial score (nSPS) is 22.0. The van der Waals surface area contributed by atoms with Crippen LogP contribution < -0.4 is 9.47 Å². The van der Waals surface area contributed by atoms with Crippen molar-refractivity contribution in [2.75, 3.05) is 24.8 Å². The van der Waals surface area contributed by atoms with Gasteiger partial charge in [-0.2, -0.15) is 0 Å². The molecule has 0 N–H and O–H groups in total. The molecule has 8 heteroatoms. The van der Waals surface area contributed by atoms with Crippen molar-refractivity contribution >= 4 is 39.6 Å². The molecule has 25 heavy (non-hydrogen) atoms. The summed E-state index contributed by atoms with van der Waals surface area (Å²) in [5.41, 5.74) is 0.809. The molecule has 6 nitrogen and oxygen atoms in total. The summed E-state index contributed by atoms with van der Waals surface area (Å²) >= 11 is 5.07. The average molecular weight is 428 g/mol. The number of ether oxygens (including phenoxy) is 3. The second kappa shape index (κ2) is 7.07. The maximum Gasteiger partial charge on any atom is 0.330 e. The third kappa shape index (κ3) is 3.60. The lowest BCUT2D eigenvalue weighted by molar-refractivity contribution is -0.154. The highest BCUT2D eigenvalue weighted by atomic mass is 79.9. The van der Waals surface area contributed by atoms with Crippen molar-refractivity contribution in [3.05, 3.63) is 22.2 Å². The monoisotopic (exact) mass is 427 g/mol. The van der Waals surface area contributed by atoms with Crippen LogP contribution in [0.2, 0.25) is 0 Å². The van der Waals surface area contributed by atoms with Gasteiger partial charge in [-0.25, -0.2) is 4.79 Å². The standard InChI is InChI=1S/C17H18BrNO5S/c18-12-6-15-14(22-3-4-23-15)5-11(12)7-24-17(21)13-8-25-9-19(13)16(20)10-1-2-10/h5-6,10,13H,1-4,7-9H2. The molecule has 1 aliphatic carbocycles. The summed E-state index contributed by atoms with van der Waals surface area (Å²) in [6, 6.07) is 3.17. The van der Waals surface area contributed by atoms with Crippen LogP contribution in [0.3, 0.4) is 0 Å². The summed E-state index contributed by atoms with van der Waals surface area (Å²) < 4.78 is 17.4. The van der Waals surface area contributed by atoms with E-state index in [1.807, 2.05) is 12.1 Å². The van der Waals surface area contributed by atoms with E-state index in [-0.39, 0.29) is 24.4 Å². The van der Waals surface area contributed by atoms with Crippen molar-refractivity contribution in [3.8, 4) is 11.5 Å². The number of esters is 1. The molecule has 134 valence electrons. The van der Waals surface area contributed by atoms with Crippen LogP contribution in [0.4, 0.5) is 0 Å². The minimum absolute atomic E-state index is 0.0902. The Kier molecular flexibility index (Phi) is 4.82. The lowest BCUT2D eigenvalue weighted by Crippen LogP contribution is -2.43. The first-order chi connectivity index (χ1) is 12.1. The average Bonchev–Trinajstić information content (AvgIpc) is 3.35. The number of thioether (sulfide) groups is 1. The van der Waals surface area contributed by atoms with Gasteiger partial charge in [0, 0.05) is 21.7 Å². The molecule has 1 amide bonds. The number of fused-ring (bicyclic) bond motifs is 1. The number of carbonyl (C=O) groups is 2. The predicted molar refractivity (Wildman–Crippen MR) is 95.6 cm³/mol. The van der Waals surface area contributed by atoms with Gasteiger partial charge in [-0.15, -0.1) is 11.8 Å². The highest BCUT2D eigenvalue weighted by molar-refractivity contribution is 9.10. The summed E-state index contributed by atoms with van der Waals surface area (Å²) in [6.45, 7) is 1.16. The number of hydrogen-bond donors (Lipinski definition) is 0. The number of amides is 1. The Bertz CT molecular complexity index is 709. The van der Waals surface area contributed by atoms with E-state index in [0.29, 0.717) is 36.3 Å². The molecule has 0 spiro atoms. The maximum absolute atomic E-state index is 12.5. The molecule has 0 radical (unpaired) electrons. The van der Waals surface area contributed by atoms with Crippen LogP contribution in [0, 0.1) is 5.92 Å². The Hall–Kier alpha value is -1.41. The Balaban J connectivity index is 1.40. The predicted octanol–water partition coefficient (Wildman–Crippen LogP) is 2.58. The molecule has 2 fully saturated rings. The number of rotatable bonds is 4. The smallest absolute Gasteiger partial charge is 0.330 e. The van der Waals surface area contributed by atoms with Crippen LogP contribution in [-0.4, -0.2) is 47.7 Å². The van der Waals surface area contributed by atoms with Crippen molar-refractivity contribution in [3.63, 3.8) is 0 Å². The third-order valence-electron chi connectivity index (χ3n) is 4.45. The highest BCUT2D eigenvalue weighted by Gasteiger charge is 2.42. The molecule has 2 heterocycles. The Morgan fingerprint density at radius 3 is 2.68 bits per heavy atom. The molecule has 1 aromatic rings. The molecule has 1 unspecified atom stereocenters. The van der Waals surface area contributed by atoms with Crippen LogP contribution in [0.15, 0.2) is 16.6 Å². The van der Waals surface area contributed by atoms with Crippen molar-refractivity contribution in [2.24, 2.45) is 5.92 Å². The van der Waals surface area contributed by atoms with Gasteiger partial charge in [0.2, 0.25) is 5.91 Å². The molecular weight excluding hydrogens is 410 g/mol. The summed E-state index contributed by atoms with van der Waals surface area (Å²) in [7, 11) is 0. The van der Waals surface area contributed by atoms with Crippen molar-refractivity contribution in [1.29, 1.82) is 0 Å². The van der Waals surface area contributed by atoms with E-state index in [9.17, 15) is 9.59 Å². The third-order valence-corrected chi connectivity index (χ3v) is 6.20. The Morgan fingerprint density at radius 2 is 1.96 bits per heavy atom. The zero-order chi connectivity index (χ0) is 17.4.